The average Bonchev–Trinajstić information content (AvgIpc) is 3.56. The molecular weight excluding hydrogens is 612 g/mol. The Balaban J connectivity index is 1.48. The van der Waals surface area contributed by atoms with E-state index in [1.807, 2.05) is 12.2 Å². The predicted octanol–water partition coefficient (Wildman–Crippen LogP) is 4.71. The highest BCUT2D eigenvalue weighted by Gasteiger charge is 2.49. The van der Waals surface area contributed by atoms with Crippen molar-refractivity contribution >= 4 is 33.3 Å². The largest absolute Gasteiger partial charge is 0.501 e. The first kappa shape index (κ1) is 32.8. The summed E-state index contributed by atoms with van der Waals surface area (Å²) in [6, 6.07) is 5.23. The quantitative estimate of drug-likeness (QED) is 0.162. The molecule has 2 aromatic carbocycles. The lowest BCUT2D eigenvalue weighted by Crippen LogP contribution is -2.47. The zero-order valence-corrected chi connectivity index (χ0v) is 24.2. The number of carboxylic acids is 1. The van der Waals surface area contributed by atoms with E-state index >= 15 is 0 Å². The summed E-state index contributed by atoms with van der Waals surface area (Å²) in [7, 11) is -4.39. The number of carboxylic acid groups (broad SMARTS) is 1. The Morgan fingerprint density at radius 2 is 1.75 bits per heavy atom. The van der Waals surface area contributed by atoms with Gasteiger partial charge in [0.05, 0.1) is 30.1 Å². The zero-order valence-electron chi connectivity index (χ0n) is 23.4. The van der Waals surface area contributed by atoms with Crippen LogP contribution in [0.5, 0.6) is 11.5 Å². The zero-order chi connectivity index (χ0) is 32.2. The SMILES string of the molecule is COc1cc(F)c(OCCCCCC(=O)O)cc1C(=O)N[C@@H]1[C@H](C(=O)Nc2cccc(S(=O)(=O)C(F)(F)F)c2)[C@H]2C=C[C@@H]1C2. The Morgan fingerprint density at radius 1 is 1.02 bits per heavy atom. The number of benzene rings is 2. The van der Waals surface area contributed by atoms with Crippen LogP contribution in [0.1, 0.15) is 42.5 Å². The maximum Gasteiger partial charge on any atom is 0.501 e. The van der Waals surface area contributed by atoms with Crippen molar-refractivity contribution in [2.24, 2.45) is 17.8 Å². The van der Waals surface area contributed by atoms with E-state index in [0.29, 0.717) is 31.7 Å². The summed E-state index contributed by atoms with van der Waals surface area (Å²) < 4.78 is 88.1. The lowest BCUT2D eigenvalue weighted by molar-refractivity contribution is -0.137. The fraction of sp³-hybridized carbons (Fsp3) is 0.414. The smallest absolute Gasteiger partial charge is 0.496 e. The first-order chi connectivity index (χ1) is 20.7. The molecule has 4 rings (SSSR count). The van der Waals surface area contributed by atoms with Crippen LogP contribution in [0.2, 0.25) is 0 Å². The van der Waals surface area contributed by atoms with Gasteiger partial charge in [0.25, 0.3) is 15.7 Å². The topological polar surface area (TPSA) is 148 Å². The van der Waals surface area contributed by atoms with Crippen LogP contribution in [-0.4, -0.2) is 56.6 Å². The summed E-state index contributed by atoms with van der Waals surface area (Å²) >= 11 is 0. The van der Waals surface area contributed by atoms with Crippen LogP contribution in [0.3, 0.4) is 0 Å². The molecule has 44 heavy (non-hydrogen) atoms. The normalized spacial score (nSPS) is 20.8. The Kier molecular flexibility index (Phi) is 9.86. The number of unbranched alkanes of at least 4 members (excludes halogenated alkanes) is 2. The highest BCUT2D eigenvalue weighted by atomic mass is 32.2. The first-order valence-electron chi connectivity index (χ1n) is 13.7. The fourth-order valence-corrected chi connectivity index (χ4v) is 6.24. The van der Waals surface area contributed by atoms with E-state index in [1.165, 1.54) is 19.2 Å². The standard InChI is InChI=1S/C29H30F4N2O8S/c1-42-22-15-21(30)23(43-11-4-2-3-8-24(36)37)14-20(22)27(38)35-26-17-10-9-16(12-17)25(26)28(39)34-18-6-5-7-19(13-18)44(40,41)29(31,32)33/h5-7,9-10,13-17,25-26H,2-4,8,11-12H2,1H3,(H,34,39)(H,35,38)(H,36,37)/t16-,17+,25+,26-/m0/s1. The molecule has 0 spiro atoms. The van der Waals surface area contributed by atoms with Crippen molar-refractivity contribution in [2.45, 2.75) is 48.5 Å². The van der Waals surface area contributed by atoms with Crippen molar-refractivity contribution in [2.75, 3.05) is 19.0 Å². The van der Waals surface area contributed by atoms with Crippen LogP contribution >= 0.6 is 0 Å². The molecule has 238 valence electrons. The number of ether oxygens (including phenoxy) is 2. The second kappa shape index (κ2) is 13.2. The number of hydrogen-bond donors (Lipinski definition) is 3. The van der Waals surface area contributed by atoms with Crippen molar-refractivity contribution in [1.82, 2.24) is 5.32 Å². The first-order valence-corrected chi connectivity index (χ1v) is 15.1. The van der Waals surface area contributed by atoms with Gasteiger partial charge in [-0.3, -0.25) is 14.4 Å². The number of sulfone groups is 1. The van der Waals surface area contributed by atoms with E-state index in [1.54, 1.807) is 0 Å². The molecule has 2 amide bonds. The van der Waals surface area contributed by atoms with Crippen molar-refractivity contribution in [1.29, 1.82) is 0 Å². The minimum absolute atomic E-state index is 0.00475. The number of hydrogen-bond acceptors (Lipinski definition) is 7. The number of halogens is 4. The molecule has 0 saturated heterocycles. The molecule has 0 unspecified atom stereocenters. The molecule has 10 nitrogen and oxygen atoms in total. The van der Waals surface area contributed by atoms with E-state index in [0.717, 1.165) is 18.2 Å². The predicted molar refractivity (Wildman–Crippen MR) is 148 cm³/mol. The van der Waals surface area contributed by atoms with Gasteiger partial charge in [-0.2, -0.15) is 13.2 Å². The van der Waals surface area contributed by atoms with Gasteiger partial charge in [-0.25, -0.2) is 12.8 Å². The van der Waals surface area contributed by atoms with Gasteiger partial charge in [0, 0.05) is 24.2 Å². The monoisotopic (exact) mass is 642 g/mol. The van der Waals surface area contributed by atoms with Crippen LogP contribution in [-0.2, 0) is 19.4 Å². The molecule has 0 radical (unpaired) electrons. The maximum absolute atomic E-state index is 14.7. The number of methoxy groups -OCH3 is 1. The molecular formula is C29H30F4N2O8S. The van der Waals surface area contributed by atoms with Crippen molar-refractivity contribution in [3.05, 3.63) is 59.9 Å². The molecule has 2 aromatic rings. The number of rotatable bonds is 13. The number of nitrogens with one attached hydrogen (secondary N) is 2. The number of fused-ring (bicyclic) bond motifs is 2. The van der Waals surface area contributed by atoms with E-state index in [-0.39, 0.29) is 47.6 Å². The summed E-state index contributed by atoms with van der Waals surface area (Å²) in [6.45, 7) is 0.0782. The van der Waals surface area contributed by atoms with Gasteiger partial charge in [0.1, 0.15) is 5.75 Å². The second-order valence-electron chi connectivity index (χ2n) is 10.5. The van der Waals surface area contributed by atoms with Crippen LogP contribution in [0.15, 0.2) is 53.4 Å². The summed E-state index contributed by atoms with van der Waals surface area (Å²) in [6.07, 6.45) is 5.61. The van der Waals surface area contributed by atoms with Crippen molar-refractivity contribution < 1.29 is 54.9 Å². The fourth-order valence-electron chi connectivity index (χ4n) is 5.44. The molecule has 2 aliphatic carbocycles. The van der Waals surface area contributed by atoms with E-state index in [4.69, 9.17) is 14.6 Å². The average molecular weight is 643 g/mol. The lowest BCUT2D eigenvalue weighted by atomic mass is 9.87. The number of carbonyl (C=O) groups is 3. The molecule has 0 aromatic heterocycles. The van der Waals surface area contributed by atoms with Gasteiger partial charge in [-0.05, 0) is 61.8 Å². The minimum atomic E-state index is -5.64. The molecule has 0 heterocycles. The van der Waals surface area contributed by atoms with Gasteiger partial charge in [0.15, 0.2) is 11.6 Å². The Morgan fingerprint density at radius 3 is 2.43 bits per heavy atom. The van der Waals surface area contributed by atoms with Crippen LogP contribution in [0.25, 0.3) is 0 Å². The van der Waals surface area contributed by atoms with Crippen LogP contribution in [0, 0.1) is 23.6 Å². The van der Waals surface area contributed by atoms with Gasteiger partial charge < -0.3 is 25.2 Å². The maximum atomic E-state index is 14.7. The van der Waals surface area contributed by atoms with Gasteiger partial charge >= 0.3 is 11.5 Å². The third-order valence-electron chi connectivity index (χ3n) is 7.57. The minimum Gasteiger partial charge on any atom is -0.496 e. The Hall–Kier alpha value is -4.14. The van der Waals surface area contributed by atoms with Gasteiger partial charge in [-0.15, -0.1) is 0 Å². The van der Waals surface area contributed by atoms with E-state index in [2.05, 4.69) is 10.6 Å². The number of aliphatic carboxylic acids is 1. The molecule has 1 saturated carbocycles. The summed E-state index contributed by atoms with van der Waals surface area (Å²) in [5, 5.41) is 14.0. The Labute approximate surface area is 250 Å². The molecule has 2 aliphatic rings. The van der Waals surface area contributed by atoms with E-state index < -0.39 is 55.8 Å². The van der Waals surface area contributed by atoms with Crippen LogP contribution < -0.4 is 20.1 Å². The summed E-state index contributed by atoms with van der Waals surface area (Å²) in [4.78, 5) is 36.4. The summed E-state index contributed by atoms with van der Waals surface area (Å²) in [5.41, 5.74) is -5.75. The molecule has 0 aliphatic heterocycles. The molecule has 4 atom stereocenters. The number of alkyl halides is 3. The third-order valence-corrected chi connectivity index (χ3v) is 9.05. The molecule has 15 heteroatoms. The van der Waals surface area contributed by atoms with Crippen molar-refractivity contribution in [3.8, 4) is 11.5 Å². The third kappa shape index (κ3) is 7.14. The number of carbonyl (C=O) groups excluding carboxylic acids is 2. The van der Waals surface area contributed by atoms with E-state index in [9.17, 15) is 40.4 Å². The Bertz CT molecular complexity index is 1560. The number of amides is 2. The molecule has 2 bridgehead atoms. The molecule has 3 N–H and O–H groups in total. The highest BCUT2D eigenvalue weighted by molar-refractivity contribution is 7.92. The van der Waals surface area contributed by atoms with Crippen LogP contribution in [0.4, 0.5) is 23.2 Å². The molecule has 1 fully saturated rings. The number of anilines is 1. The van der Waals surface area contributed by atoms with Gasteiger partial charge in [0.2, 0.25) is 5.91 Å². The van der Waals surface area contributed by atoms with Crippen molar-refractivity contribution in [3.63, 3.8) is 0 Å². The lowest BCUT2D eigenvalue weighted by Gasteiger charge is -2.28. The van der Waals surface area contributed by atoms with Gasteiger partial charge in [-0.1, -0.05) is 18.2 Å². The summed E-state index contributed by atoms with van der Waals surface area (Å²) in [5.74, 6) is -4.71. The highest BCUT2D eigenvalue weighted by Crippen LogP contribution is 2.44. The number of allylic oxidation sites excluding steroid dienone is 1. The second-order valence-corrected chi connectivity index (χ2v) is 12.4.